The van der Waals surface area contributed by atoms with Crippen molar-refractivity contribution >= 4 is 23.7 Å². The van der Waals surface area contributed by atoms with E-state index < -0.39 is 23.2 Å². The summed E-state index contributed by atoms with van der Waals surface area (Å²) < 4.78 is 0. The third-order valence-corrected chi connectivity index (χ3v) is 4.37. The van der Waals surface area contributed by atoms with Crippen LogP contribution in [0.4, 0.5) is 0 Å². The van der Waals surface area contributed by atoms with E-state index in [0.717, 1.165) is 4.90 Å². The summed E-state index contributed by atoms with van der Waals surface area (Å²) in [5.41, 5.74) is -0.132. The maximum absolute atomic E-state index is 12.1. The fourth-order valence-electron chi connectivity index (χ4n) is 2.63. The zero-order chi connectivity index (χ0) is 16.6. The molecule has 1 fully saturated rings. The fourth-order valence-corrected chi connectivity index (χ4v) is 2.63. The molecule has 0 radical (unpaired) electrons. The predicted molar refractivity (Wildman–Crippen MR) is 78.7 cm³/mol. The summed E-state index contributed by atoms with van der Waals surface area (Å²) in [6.07, 6.45) is 1.07. The van der Waals surface area contributed by atoms with Gasteiger partial charge in [0, 0.05) is 19.5 Å². The van der Waals surface area contributed by atoms with Crippen molar-refractivity contribution in [2.45, 2.75) is 19.3 Å². The van der Waals surface area contributed by atoms with E-state index >= 15 is 0 Å². The zero-order valence-corrected chi connectivity index (χ0v) is 12.4. The maximum Gasteiger partial charge on any atom is 0.311 e. The number of hydrogen-bond acceptors (Lipinski definition) is 4. The molecule has 2 aliphatic rings. The second-order valence-electron chi connectivity index (χ2n) is 5.92. The lowest BCUT2D eigenvalue weighted by Crippen LogP contribution is -2.37. The van der Waals surface area contributed by atoms with Gasteiger partial charge in [-0.05, 0) is 25.0 Å². The molecule has 0 spiro atoms. The van der Waals surface area contributed by atoms with Gasteiger partial charge in [0.05, 0.1) is 16.5 Å². The summed E-state index contributed by atoms with van der Waals surface area (Å²) in [6, 6.07) is 6.53. The highest BCUT2D eigenvalue weighted by atomic mass is 16.4. The van der Waals surface area contributed by atoms with Crippen molar-refractivity contribution in [3.63, 3.8) is 0 Å². The van der Waals surface area contributed by atoms with Gasteiger partial charge in [0.25, 0.3) is 11.8 Å². The third kappa shape index (κ3) is 2.69. The smallest absolute Gasteiger partial charge is 0.311 e. The van der Waals surface area contributed by atoms with Gasteiger partial charge in [0.1, 0.15) is 0 Å². The normalized spacial score (nSPS) is 17.8. The Hall–Kier alpha value is -2.70. The van der Waals surface area contributed by atoms with Crippen LogP contribution in [-0.4, -0.2) is 46.8 Å². The molecule has 0 atom stereocenters. The SMILES string of the molecule is O=C(CCN1C(=O)c2ccccc2C1=O)NCC1(C(=O)O)CC1. The lowest BCUT2D eigenvalue weighted by molar-refractivity contribution is -0.143. The highest BCUT2D eigenvalue weighted by Gasteiger charge is 2.50. The molecule has 0 aromatic heterocycles. The number of carbonyl (C=O) groups excluding carboxylic acids is 3. The first kappa shape index (κ1) is 15.2. The molecule has 1 aromatic carbocycles. The minimum absolute atomic E-state index is 0.0156. The summed E-state index contributed by atoms with van der Waals surface area (Å²) in [5, 5.41) is 11.6. The number of amides is 3. The number of imide groups is 1. The Labute approximate surface area is 132 Å². The second kappa shape index (κ2) is 5.49. The van der Waals surface area contributed by atoms with Crippen molar-refractivity contribution in [2.75, 3.05) is 13.1 Å². The van der Waals surface area contributed by atoms with Gasteiger partial charge in [-0.15, -0.1) is 0 Å². The number of nitrogens with one attached hydrogen (secondary N) is 1. The number of benzene rings is 1. The number of nitrogens with zero attached hydrogens (tertiary/aromatic N) is 1. The molecule has 1 aliphatic carbocycles. The Morgan fingerprint density at radius 3 is 2.17 bits per heavy atom. The molecule has 0 saturated heterocycles. The van der Waals surface area contributed by atoms with Gasteiger partial charge in [0.15, 0.2) is 0 Å². The molecule has 1 aromatic rings. The van der Waals surface area contributed by atoms with E-state index in [-0.39, 0.29) is 25.4 Å². The van der Waals surface area contributed by atoms with E-state index in [1.165, 1.54) is 0 Å². The number of fused-ring (bicyclic) bond motifs is 1. The monoisotopic (exact) mass is 316 g/mol. The van der Waals surface area contributed by atoms with Crippen molar-refractivity contribution in [3.8, 4) is 0 Å². The van der Waals surface area contributed by atoms with Gasteiger partial charge < -0.3 is 10.4 Å². The number of carboxylic acid groups (broad SMARTS) is 1. The molecule has 2 N–H and O–H groups in total. The summed E-state index contributed by atoms with van der Waals surface area (Å²) in [7, 11) is 0. The molecule has 7 heteroatoms. The van der Waals surface area contributed by atoms with Crippen LogP contribution in [0.1, 0.15) is 40.0 Å². The molecule has 3 amide bonds. The van der Waals surface area contributed by atoms with Crippen molar-refractivity contribution < 1.29 is 24.3 Å². The Morgan fingerprint density at radius 1 is 1.13 bits per heavy atom. The van der Waals surface area contributed by atoms with Gasteiger partial charge in [-0.25, -0.2) is 0 Å². The highest BCUT2D eigenvalue weighted by molar-refractivity contribution is 6.21. The average Bonchev–Trinajstić information content (AvgIpc) is 3.29. The van der Waals surface area contributed by atoms with Crippen molar-refractivity contribution in [1.82, 2.24) is 10.2 Å². The van der Waals surface area contributed by atoms with Gasteiger partial charge >= 0.3 is 5.97 Å². The van der Waals surface area contributed by atoms with Gasteiger partial charge in [0.2, 0.25) is 5.91 Å². The molecular formula is C16H16N2O5. The van der Waals surface area contributed by atoms with E-state index in [1.54, 1.807) is 24.3 Å². The van der Waals surface area contributed by atoms with Crippen LogP contribution in [0.2, 0.25) is 0 Å². The molecule has 0 unspecified atom stereocenters. The Kier molecular flexibility index (Phi) is 3.63. The Morgan fingerprint density at radius 2 is 1.70 bits per heavy atom. The van der Waals surface area contributed by atoms with Gasteiger partial charge in [-0.1, -0.05) is 12.1 Å². The first-order valence-corrected chi connectivity index (χ1v) is 7.40. The molecule has 1 saturated carbocycles. The van der Waals surface area contributed by atoms with Crippen LogP contribution in [0.5, 0.6) is 0 Å². The molecule has 120 valence electrons. The van der Waals surface area contributed by atoms with Gasteiger partial charge in [-0.3, -0.25) is 24.1 Å². The minimum Gasteiger partial charge on any atom is -0.481 e. The van der Waals surface area contributed by atoms with Crippen LogP contribution in [0.15, 0.2) is 24.3 Å². The van der Waals surface area contributed by atoms with Crippen molar-refractivity contribution in [3.05, 3.63) is 35.4 Å². The Balaban J connectivity index is 1.53. The lowest BCUT2D eigenvalue weighted by Gasteiger charge is -2.15. The maximum atomic E-state index is 12.1. The summed E-state index contributed by atoms with van der Waals surface area (Å²) in [6.45, 7) is 0.0710. The highest BCUT2D eigenvalue weighted by Crippen LogP contribution is 2.45. The first-order chi connectivity index (χ1) is 10.9. The van der Waals surface area contributed by atoms with E-state index in [1.807, 2.05) is 0 Å². The van der Waals surface area contributed by atoms with E-state index in [2.05, 4.69) is 5.32 Å². The largest absolute Gasteiger partial charge is 0.481 e. The fraction of sp³-hybridized carbons (Fsp3) is 0.375. The third-order valence-electron chi connectivity index (χ3n) is 4.37. The Bertz CT molecular complexity index is 673. The average molecular weight is 316 g/mol. The number of hydrogen-bond donors (Lipinski definition) is 2. The van der Waals surface area contributed by atoms with Crippen molar-refractivity contribution in [1.29, 1.82) is 0 Å². The molecule has 23 heavy (non-hydrogen) atoms. The number of rotatable bonds is 6. The lowest BCUT2D eigenvalue weighted by atomic mass is 10.1. The minimum atomic E-state index is -0.904. The quantitative estimate of drug-likeness (QED) is 0.750. The summed E-state index contributed by atoms with van der Waals surface area (Å²) >= 11 is 0. The number of carboxylic acids is 1. The standard InChI is InChI=1S/C16H16N2O5/c19-12(17-9-16(6-7-16)15(22)23)5-8-18-13(20)10-3-1-2-4-11(10)14(18)21/h1-4H,5-9H2,(H,17,19)(H,22,23). The predicted octanol–water partition coefficient (Wildman–Crippen LogP) is 0.654. The number of aliphatic carboxylic acids is 1. The molecular weight excluding hydrogens is 300 g/mol. The molecule has 1 heterocycles. The number of carbonyl (C=O) groups is 4. The summed E-state index contributed by atoms with van der Waals surface area (Å²) in [5.74, 6) is -2.07. The first-order valence-electron chi connectivity index (χ1n) is 7.40. The second-order valence-corrected chi connectivity index (χ2v) is 5.92. The van der Waals surface area contributed by atoms with Crippen LogP contribution in [0.3, 0.4) is 0 Å². The molecule has 7 nitrogen and oxygen atoms in total. The molecule has 3 rings (SSSR count). The van der Waals surface area contributed by atoms with Crippen LogP contribution in [0, 0.1) is 5.41 Å². The van der Waals surface area contributed by atoms with Crippen LogP contribution in [0.25, 0.3) is 0 Å². The zero-order valence-electron chi connectivity index (χ0n) is 12.4. The van der Waals surface area contributed by atoms with E-state index in [0.29, 0.717) is 24.0 Å². The topological polar surface area (TPSA) is 104 Å². The summed E-state index contributed by atoms with van der Waals surface area (Å²) in [4.78, 5) is 48.2. The molecule has 0 bridgehead atoms. The van der Waals surface area contributed by atoms with Gasteiger partial charge in [-0.2, -0.15) is 0 Å². The van der Waals surface area contributed by atoms with Crippen molar-refractivity contribution in [2.24, 2.45) is 5.41 Å². The van der Waals surface area contributed by atoms with Crippen LogP contribution in [-0.2, 0) is 9.59 Å². The van der Waals surface area contributed by atoms with Crippen LogP contribution >= 0.6 is 0 Å². The van der Waals surface area contributed by atoms with Crippen LogP contribution < -0.4 is 5.32 Å². The van der Waals surface area contributed by atoms with E-state index in [9.17, 15) is 19.2 Å². The van der Waals surface area contributed by atoms with E-state index in [4.69, 9.17) is 5.11 Å². The molecule has 1 aliphatic heterocycles.